The van der Waals surface area contributed by atoms with Crippen molar-refractivity contribution in [3.8, 4) is 28.2 Å². The summed E-state index contributed by atoms with van der Waals surface area (Å²) in [5.74, 6) is 0. The number of hydrogen-bond donors (Lipinski definition) is 0. The highest BCUT2D eigenvalue weighted by Gasteiger charge is 2.19. The fourth-order valence-electron chi connectivity index (χ4n) is 8.67. The minimum Gasteiger partial charge on any atom is -0.309 e. The summed E-state index contributed by atoms with van der Waals surface area (Å²) in [5, 5.41) is 6.95. The van der Waals surface area contributed by atoms with Crippen molar-refractivity contribution in [1.29, 1.82) is 0 Å². The third-order valence-corrected chi connectivity index (χ3v) is 11.1. The van der Waals surface area contributed by atoms with Crippen LogP contribution in [0.1, 0.15) is 0 Å². The maximum absolute atomic E-state index is 8.15. The fourth-order valence-corrected chi connectivity index (χ4v) is 8.67. The molecule has 11 rings (SSSR count). The normalized spacial score (nSPS) is 11.6. The Bertz CT molecular complexity index is 3350. The van der Waals surface area contributed by atoms with Crippen LogP contribution in [0.25, 0.3) is 103 Å². The van der Waals surface area contributed by atoms with Crippen LogP contribution in [0.2, 0.25) is 0 Å². The van der Waals surface area contributed by atoms with Gasteiger partial charge in [0.15, 0.2) is 11.4 Å². The lowest BCUT2D eigenvalue weighted by Gasteiger charge is -2.14. The standard InChI is InChI=1S/C50H29N5/c1-51-33-21-28-49-43(29-33)41-26-24-36(54-47-17-9-5-13-39(47)40-14-6-10-18-48(40)54)31-50(41)55(49)35-25-27-44(52-2)42(30-35)32-19-22-34(23-20-32)53-45-15-7-3-11-37(45)38-12-4-8-16-46(38)53/h3-31H. The van der Waals surface area contributed by atoms with Crippen molar-refractivity contribution < 1.29 is 0 Å². The van der Waals surface area contributed by atoms with Gasteiger partial charge in [0.2, 0.25) is 0 Å². The first kappa shape index (κ1) is 30.7. The van der Waals surface area contributed by atoms with Gasteiger partial charge in [-0.1, -0.05) is 103 Å². The van der Waals surface area contributed by atoms with E-state index < -0.39 is 0 Å². The van der Waals surface area contributed by atoms with Crippen molar-refractivity contribution >= 4 is 76.8 Å². The zero-order valence-electron chi connectivity index (χ0n) is 29.5. The van der Waals surface area contributed by atoms with E-state index in [4.69, 9.17) is 13.1 Å². The summed E-state index contributed by atoms with van der Waals surface area (Å²) in [5.41, 5.74) is 12.8. The van der Waals surface area contributed by atoms with Crippen LogP contribution in [0.4, 0.5) is 11.4 Å². The maximum atomic E-state index is 8.15. The Balaban J connectivity index is 1.11. The van der Waals surface area contributed by atoms with Crippen LogP contribution in [-0.4, -0.2) is 13.7 Å². The molecule has 11 aromatic rings. The van der Waals surface area contributed by atoms with Crippen molar-refractivity contribution in [1.82, 2.24) is 13.7 Å². The van der Waals surface area contributed by atoms with Gasteiger partial charge in [-0.15, -0.1) is 0 Å². The maximum Gasteiger partial charge on any atom is 0.195 e. The number of para-hydroxylation sites is 4. The van der Waals surface area contributed by atoms with Crippen molar-refractivity contribution in [2.75, 3.05) is 0 Å². The second kappa shape index (κ2) is 11.8. The van der Waals surface area contributed by atoms with Gasteiger partial charge in [0, 0.05) is 44.0 Å². The molecule has 0 fully saturated rings. The molecule has 0 saturated carbocycles. The Labute approximate surface area is 316 Å². The van der Waals surface area contributed by atoms with Crippen LogP contribution < -0.4 is 0 Å². The molecule has 0 spiro atoms. The van der Waals surface area contributed by atoms with Crippen LogP contribution in [0, 0.1) is 13.1 Å². The smallest absolute Gasteiger partial charge is 0.195 e. The van der Waals surface area contributed by atoms with Gasteiger partial charge >= 0.3 is 0 Å². The predicted molar refractivity (Wildman–Crippen MR) is 227 cm³/mol. The summed E-state index contributed by atoms with van der Waals surface area (Å²) in [6, 6.07) is 61.4. The number of hydrogen-bond acceptors (Lipinski definition) is 0. The summed E-state index contributed by atoms with van der Waals surface area (Å²) in [6.45, 7) is 15.9. The summed E-state index contributed by atoms with van der Waals surface area (Å²) in [6.07, 6.45) is 0. The number of rotatable bonds is 4. The number of benzene rings is 8. The molecule has 0 N–H and O–H groups in total. The molecule has 0 radical (unpaired) electrons. The van der Waals surface area contributed by atoms with E-state index in [1.54, 1.807) is 0 Å². The molecule has 5 nitrogen and oxygen atoms in total. The highest BCUT2D eigenvalue weighted by atomic mass is 15.0. The molecule has 3 aromatic heterocycles. The molecule has 0 aliphatic heterocycles. The third kappa shape index (κ3) is 4.51. The SMILES string of the molecule is [C-]#[N+]c1ccc2c(c1)c1ccc(-n3c4ccccc4c4ccccc43)cc1n2-c1ccc([N+]#[C-])c(-c2ccc(-n3c4ccccc4c4ccccc43)cc2)c1. The zero-order valence-corrected chi connectivity index (χ0v) is 29.5. The molecule has 0 aliphatic rings. The largest absolute Gasteiger partial charge is 0.309 e. The fraction of sp³-hybridized carbons (Fsp3) is 0. The lowest BCUT2D eigenvalue weighted by atomic mass is 10.0. The molecule has 8 aromatic carbocycles. The van der Waals surface area contributed by atoms with E-state index in [9.17, 15) is 0 Å². The Morgan fingerprint density at radius 1 is 0.327 bits per heavy atom. The Morgan fingerprint density at radius 3 is 1.35 bits per heavy atom. The second-order valence-corrected chi connectivity index (χ2v) is 13.9. The Morgan fingerprint density at radius 2 is 0.782 bits per heavy atom. The predicted octanol–water partition coefficient (Wildman–Crippen LogP) is 13.7. The average Bonchev–Trinajstić information content (AvgIpc) is 3.88. The van der Waals surface area contributed by atoms with Gasteiger partial charge in [-0.3, -0.25) is 0 Å². The van der Waals surface area contributed by atoms with E-state index >= 15 is 0 Å². The van der Waals surface area contributed by atoms with Crippen molar-refractivity contribution in [3.63, 3.8) is 0 Å². The van der Waals surface area contributed by atoms with E-state index in [1.807, 2.05) is 30.3 Å². The molecule has 55 heavy (non-hydrogen) atoms. The minimum absolute atomic E-state index is 0.593. The van der Waals surface area contributed by atoms with Crippen molar-refractivity contribution in [2.45, 2.75) is 0 Å². The number of fused-ring (bicyclic) bond motifs is 9. The molecule has 0 aliphatic carbocycles. The van der Waals surface area contributed by atoms with Gasteiger partial charge in [-0.25, -0.2) is 9.69 Å². The molecule has 0 atom stereocenters. The average molecular weight is 700 g/mol. The van der Waals surface area contributed by atoms with Gasteiger partial charge in [0.1, 0.15) is 0 Å². The summed E-state index contributed by atoms with van der Waals surface area (Å²) < 4.78 is 6.92. The summed E-state index contributed by atoms with van der Waals surface area (Å²) in [4.78, 5) is 7.75. The van der Waals surface area contributed by atoms with Gasteiger partial charge in [-0.2, -0.15) is 0 Å². The van der Waals surface area contributed by atoms with Crippen LogP contribution in [-0.2, 0) is 0 Å². The molecule has 254 valence electrons. The molecule has 3 heterocycles. The number of nitrogens with zero attached hydrogens (tertiary/aromatic N) is 5. The second-order valence-electron chi connectivity index (χ2n) is 13.9. The molecule has 0 saturated heterocycles. The van der Waals surface area contributed by atoms with Crippen LogP contribution >= 0.6 is 0 Å². The minimum atomic E-state index is 0.593. The third-order valence-electron chi connectivity index (χ3n) is 11.1. The van der Waals surface area contributed by atoms with Crippen LogP contribution in [0.3, 0.4) is 0 Å². The van der Waals surface area contributed by atoms with E-state index in [0.29, 0.717) is 11.4 Å². The molecular weight excluding hydrogens is 671 g/mol. The summed E-state index contributed by atoms with van der Waals surface area (Å²) in [7, 11) is 0. The summed E-state index contributed by atoms with van der Waals surface area (Å²) >= 11 is 0. The first-order valence-electron chi connectivity index (χ1n) is 18.3. The van der Waals surface area contributed by atoms with E-state index in [-0.39, 0.29) is 0 Å². The first-order chi connectivity index (χ1) is 27.2. The molecule has 0 bridgehead atoms. The Kier molecular flexibility index (Phi) is 6.61. The topological polar surface area (TPSA) is 23.5 Å². The highest BCUT2D eigenvalue weighted by molar-refractivity contribution is 6.13. The molecule has 5 heteroatoms. The van der Waals surface area contributed by atoms with Gasteiger partial charge in [0.25, 0.3) is 0 Å². The Hall–Kier alpha value is -7.86. The van der Waals surface area contributed by atoms with Crippen molar-refractivity contribution in [2.24, 2.45) is 0 Å². The molecule has 0 amide bonds. The molecular formula is C50H29N5. The van der Waals surface area contributed by atoms with Crippen LogP contribution in [0.15, 0.2) is 176 Å². The lowest BCUT2D eigenvalue weighted by Crippen LogP contribution is -1.97. The quantitative estimate of drug-likeness (QED) is 0.163. The van der Waals surface area contributed by atoms with E-state index in [2.05, 4.69) is 169 Å². The van der Waals surface area contributed by atoms with Gasteiger partial charge < -0.3 is 13.7 Å². The van der Waals surface area contributed by atoms with Gasteiger partial charge in [0.05, 0.1) is 46.2 Å². The van der Waals surface area contributed by atoms with Crippen LogP contribution in [0.5, 0.6) is 0 Å². The highest BCUT2D eigenvalue weighted by Crippen LogP contribution is 2.41. The monoisotopic (exact) mass is 699 g/mol. The van der Waals surface area contributed by atoms with Gasteiger partial charge in [-0.05, 0) is 89.3 Å². The first-order valence-corrected chi connectivity index (χ1v) is 18.3. The van der Waals surface area contributed by atoms with Crippen molar-refractivity contribution in [3.05, 3.63) is 199 Å². The van der Waals surface area contributed by atoms with E-state index in [1.165, 1.54) is 21.5 Å². The number of aromatic nitrogens is 3. The lowest BCUT2D eigenvalue weighted by molar-refractivity contribution is 1.15. The van der Waals surface area contributed by atoms with E-state index in [0.717, 1.165) is 72.1 Å². The zero-order chi connectivity index (χ0) is 36.6. The molecule has 0 unspecified atom stereocenters.